The lowest BCUT2D eigenvalue weighted by molar-refractivity contribution is -0.136. The van der Waals surface area contributed by atoms with Crippen LogP contribution in [0.2, 0.25) is 0 Å². The maximum atomic E-state index is 13.0. The zero-order chi connectivity index (χ0) is 21.8. The SMILES string of the molecule is CCSc1nc2c(c(=O)[nH]1)C(c1ccc(N(CC)CC)cc1)C(C(=O)OC)=C(C)N2. The summed E-state index contributed by atoms with van der Waals surface area (Å²) in [7, 11) is 1.35. The highest BCUT2D eigenvalue weighted by Crippen LogP contribution is 2.40. The molecular formula is C22H28N4O3S. The fourth-order valence-corrected chi connectivity index (χ4v) is 4.41. The van der Waals surface area contributed by atoms with E-state index in [-0.39, 0.29) is 5.56 Å². The number of rotatable bonds is 7. The molecule has 1 aromatic heterocycles. The van der Waals surface area contributed by atoms with Gasteiger partial charge in [-0.05, 0) is 44.2 Å². The number of ether oxygens (including phenoxy) is 1. The number of esters is 1. The summed E-state index contributed by atoms with van der Waals surface area (Å²) in [6, 6.07) is 7.99. The van der Waals surface area contributed by atoms with Gasteiger partial charge in [-0.3, -0.25) is 4.79 Å². The van der Waals surface area contributed by atoms with Gasteiger partial charge in [-0.2, -0.15) is 0 Å². The second-order valence-corrected chi connectivity index (χ2v) is 8.17. The summed E-state index contributed by atoms with van der Waals surface area (Å²) in [5.41, 5.74) is 3.17. The van der Waals surface area contributed by atoms with Gasteiger partial charge in [-0.15, -0.1) is 0 Å². The van der Waals surface area contributed by atoms with Crippen LogP contribution in [0.25, 0.3) is 0 Å². The highest BCUT2D eigenvalue weighted by molar-refractivity contribution is 7.99. The summed E-state index contributed by atoms with van der Waals surface area (Å²) in [5, 5.41) is 3.69. The number of aromatic amines is 1. The lowest BCUT2D eigenvalue weighted by Crippen LogP contribution is -2.31. The van der Waals surface area contributed by atoms with Crippen LogP contribution in [-0.2, 0) is 9.53 Å². The van der Waals surface area contributed by atoms with Crippen LogP contribution in [0.1, 0.15) is 44.7 Å². The van der Waals surface area contributed by atoms with E-state index in [1.807, 2.05) is 38.1 Å². The Morgan fingerprint density at radius 3 is 2.43 bits per heavy atom. The van der Waals surface area contributed by atoms with Crippen LogP contribution in [0.15, 0.2) is 45.5 Å². The minimum atomic E-state index is -0.559. The molecule has 160 valence electrons. The van der Waals surface area contributed by atoms with E-state index in [0.717, 1.165) is 30.1 Å². The Balaban J connectivity index is 2.17. The summed E-state index contributed by atoms with van der Waals surface area (Å²) in [6.07, 6.45) is 0. The number of benzene rings is 1. The first kappa shape index (κ1) is 22.0. The molecule has 30 heavy (non-hydrogen) atoms. The van der Waals surface area contributed by atoms with Gasteiger partial charge < -0.3 is 19.9 Å². The molecule has 1 aliphatic heterocycles. The zero-order valence-corrected chi connectivity index (χ0v) is 18.9. The number of methoxy groups -OCH3 is 1. The number of hydrogen-bond donors (Lipinski definition) is 2. The summed E-state index contributed by atoms with van der Waals surface area (Å²) in [5.74, 6) is 0.254. The average Bonchev–Trinajstić information content (AvgIpc) is 2.74. The van der Waals surface area contributed by atoms with Crippen LogP contribution in [0.5, 0.6) is 0 Å². The Bertz CT molecular complexity index is 1010. The summed E-state index contributed by atoms with van der Waals surface area (Å²) in [6.45, 7) is 9.83. The van der Waals surface area contributed by atoms with Gasteiger partial charge in [0.1, 0.15) is 5.82 Å². The second-order valence-electron chi connectivity index (χ2n) is 6.92. The van der Waals surface area contributed by atoms with E-state index in [1.54, 1.807) is 0 Å². The third-order valence-electron chi connectivity index (χ3n) is 5.26. The molecule has 0 aliphatic carbocycles. The topological polar surface area (TPSA) is 87.3 Å². The van der Waals surface area contributed by atoms with Crippen molar-refractivity contribution in [1.82, 2.24) is 9.97 Å². The maximum absolute atomic E-state index is 13.0. The van der Waals surface area contributed by atoms with Crippen molar-refractivity contribution in [3.05, 3.63) is 57.0 Å². The molecule has 1 atom stereocenters. The first-order valence-electron chi connectivity index (χ1n) is 10.1. The van der Waals surface area contributed by atoms with Gasteiger partial charge in [0.15, 0.2) is 5.16 Å². The van der Waals surface area contributed by atoms with E-state index in [2.05, 4.69) is 34.0 Å². The molecule has 1 aliphatic rings. The van der Waals surface area contributed by atoms with Crippen LogP contribution >= 0.6 is 11.8 Å². The molecule has 0 amide bonds. The Kier molecular flexibility index (Phi) is 6.87. The molecule has 1 aromatic carbocycles. The zero-order valence-electron chi connectivity index (χ0n) is 18.0. The molecule has 8 heteroatoms. The normalized spacial score (nSPS) is 15.4. The average molecular weight is 429 g/mol. The van der Waals surface area contributed by atoms with Crippen molar-refractivity contribution in [3.8, 4) is 0 Å². The molecule has 7 nitrogen and oxygen atoms in total. The van der Waals surface area contributed by atoms with Crippen LogP contribution < -0.4 is 15.8 Å². The molecule has 2 aromatic rings. The number of fused-ring (bicyclic) bond motifs is 1. The van der Waals surface area contributed by atoms with Crippen LogP contribution in [0.4, 0.5) is 11.5 Å². The standard InChI is InChI=1S/C22H28N4O3S/c1-6-26(7-2)15-11-9-14(10-12-15)17-16(21(28)29-5)13(4)23-19-18(17)20(27)25-22(24-19)30-8-3/h9-12,17H,6-8H2,1-5H3,(H2,23,24,25,27). The number of hydrogen-bond acceptors (Lipinski definition) is 7. The highest BCUT2D eigenvalue weighted by atomic mass is 32.2. The minimum Gasteiger partial charge on any atom is -0.466 e. The van der Waals surface area contributed by atoms with Gasteiger partial charge in [0, 0.05) is 24.5 Å². The number of anilines is 2. The number of H-pyrrole nitrogens is 1. The Labute approximate surface area is 180 Å². The van der Waals surface area contributed by atoms with Gasteiger partial charge in [-0.25, -0.2) is 9.78 Å². The number of carbonyl (C=O) groups excluding carboxylic acids is 1. The van der Waals surface area contributed by atoms with Crippen molar-refractivity contribution in [2.75, 3.05) is 36.2 Å². The smallest absolute Gasteiger partial charge is 0.336 e. The monoisotopic (exact) mass is 428 g/mol. The second kappa shape index (κ2) is 9.38. The molecule has 2 heterocycles. The summed E-state index contributed by atoms with van der Waals surface area (Å²) < 4.78 is 5.04. The Morgan fingerprint density at radius 1 is 1.20 bits per heavy atom. The van der Waals surface area contributed by atoms with Crippen LogP contribution in [-0.4, -0.2) is 41.9 Å². The number of carbonyl (C=O) groups is 1. The van der Waals surface area contributed by atoms with E-state index < -0.39 is 11.9 Å². The first-order valence-corrected chi connectivity index (χ1v) is 11.1. The highest BCUT2D eigenvalue weighted by Gasteiger charge is 2.36. The molecule has 1 unspecified atom stereocenters. The Morgan fingerprint density at radius 2 is 1.87 bits per heavy atom. The molecule has 2 N–H and O–H groups in total. The van der Waals surface area contributed by atoms with Crippen molar-refractivity contribution in [2.45, 2.75) is 38.8 Å². The predicted molar refractivity (Wildman–Crippen MR) is 121 cm³/mol. The van der Waals surface area contributed by atoms with Crippen molar-refractivity contribution in [2.24, 2.45) is 0 Å². The number of nitrogens with zero attached hydrogens (tertiary/aromatic N) is 2. The third kappa shape index (κ3) is 4.09. The van der Waals surface area contributed by atoms with Crippen molar-refractivity contribution in [1.29, 1.82) is 0 Å². The van der Waals surface area contributed by atoms with Crippen LogP contribution in [0, 0.1) is 0 Å². The van der Waals surface area contributed by atoms with Crippen molar-refractivity contribution >= 4 is 29.2 Å². The van der Waals surface area contributed by atoms with E-state index >= 15 is 0 Å². The fourth-order valence-electron chi connectivity index (χ4n) is 3.82. The van der Waals surface area contributed by atoms with Crippen LogP contribution in [0.3, 0.4) is 0 Å². The lowest BCUT2D eigenvalue weighted by Gasteiger charge is -2.29. The van der Waals surface area contributed by atoms with E-state index in [1.165, 1.54) is 18.9 Å². The largest absolute Gasteiger partial charge is 0.466 e. The van der Waals surface area contributed by atoms with E-state index in [9.17, 15) is 9.59 Å². The number of aromatic nitrogens is 2. The number of nitrogens with one attached hydrogen (secondary N) is 2. The number of allylic oxidation sites excluding steroid dienone is 1. The molecule has 3 rings (SSSR count). The van der Waals surface area contributed by atoms with Gasteiger partial charge >= 0.3 is 5.97 Å². The van der Waals surface area contributed by atoms with Gasteiger partial charge in [0.2, 0.25) is 0 Å². The van der Waals surface area contributed by atoms with Gasteiger partial charge in [0.05, 0.1) is 24.2 Å². The lowest BCUT2D eigenvalue weighted by atomic mass is 9.82. The fraction of sp³-hybridized carbons (Fsp3) is 0.409. The molecule has 0 bridgehead atoms. The molecule has 0 radical (unpaired) electrons. The molecule has 0 spiro atoms. The predicted octanol–water partition coefficient (Wildman–Crippen LogP) is 3.73. The Hall–Kier alpha value is -2.74. The number of thioether (sulfide) groups is 1. The summed E-state index contributed by atoms with van der Waals surface area (Å²) >= 11 is 1.46. The molecule has 0 saturated heterocycles. The molecule has 0 fully saturated rings. The quantitative estimate of drug-likeness (QED) is 0.395. The molecule has 0 saturated carbocycles. The summed E-state index contributed by atoms with van der Waals surface area (Å²) in [4.78, 5) is 35.4. The van der Waals surface area contributed by atoms with Crippen molar-refractivity contribution < 1.29 is 9.53 Å². The maximum Gasteiger partial charge on any atom is 0.336 e. The van der Waals surface area contributed by atoms with Gasteiger partial charge in [0.25, 0.3) is 5.56 Å². The van der Waals surface area contributed by atoms with Gasteiger partial charge in [-0.1, -0.05) is 30.8 Å². The van der Waals surface area contributed by atoms with Crippen molar-refractivity contribution in [3.63, 3.8) is 0 Å². The first-order chi connectivity index (χ1) is 14.4. The third-order valence-corrected chi connectivity index (χ3v) is 6.02. The molecular weight excluding hydrogens is 400 g/mol. The van der Waals surface area contributed by atoms with E-state index in [0.29, 0.717) is 27.8 Å². The van der Waals surface area contributed by atoms with E-state index in [4.69, 9.17) is 4.74 Å². The minimum absolute atomic E-state index is 0.254.